The van der Waals surface area contributed by atoms with Gasteiger partial charge in [-0.1, -0.05) is 23.5 Å². The van der Waals surface area contributed by atoms with Gasteiger partial charge >= 0.3 is 0 Å². The summed E-state index contributed by atoms with van der Waals surface area (Å²) in [5.41, 5.74) is 2.02. The van der Waals surface area contributed by atoms with Gasteiger partial charge in [0.1, 0.15) is 5.75 Å². The molecule has 7 heteroatoms. The molecule has 2 atom stereocenters. The van der Waals surface area contributed by atoms with E-state index in [-0.39, 0.29) is 5.91 Å². The lowest BCUT2D eigenvalue weighted by atomic mass is 10.1. The van der Waals surface area contributed by atoms with Gasteiger partial charge in [0.2, 0.25) is 5.91 Å². The van der Waals surface area contributed by atoms with Crippen LogP contribution in [-0.2, 0) is 11.2 Å². The van der Waals surface area contributed by atoms with Crippen molar-refractivity contribution in [3.8, 4) is 10.9 Å². The van der Waals surface area contributed by atoms with E-state index in [1.807, 2.05) is 24.3 Å². The number of piperazine rings is 1. The Morgan fingerprint density at radius 2 is 1.93 bits per heavy atom. The van der Waals surface area contributed by atoms with E-state index in [1.54, 1.807) is 13.1 Å². The molecule has 6 nitrogen and oxygen atoms in total. The second kappa shape index (κ2) is 7.72. The maximum Gasteiger partial charge on any atom is 0.281 e. The highest BCUT2D eigenvalue weighted by Gasteiger charge is 2.40. The van der Waals surface area contributed by atoms with Gasteiger partial charge in [-0.3, -0.25) is 9.69 Å². The van der Waals surface area contributed by atoms with Gasteiger partial charge in [-0.2, -0.15) is 4.98 Å². The summed E-state index contributed by atoms with van der Waals surface area (Å²) in [7, 11) is 0. The van der Waals surface area contributed by atoms with Crippen molar-refractivity contribution in [2.45, 2.75) is 38.3 Å². The number of rotatable bonds is 5. The fraction of sp³-hybridized carbons (Fsp3) is 0.409. The molecule has 2 aromatic heterocycles. The van der Waals surface area contributed by atoms with Crippen molar-refractivity contribution in [2.24, 2.45) is 0 Å². The maximum absolute atomic E-state index is 11.8. The van der Waals surface area contributed by atoms with Crippen LogP contribution in [0.2, 0.25) is 0 Å². The summed E-state index contributed by atoms with van der Waals surface area (Å²) in [6.45, 7) is 4.74. The molecule has 0 aliphatic carbocycles. The third-order valence-corrected chi connectivity index (χ3v) is 6.80. The van der Waals surface area contributed by atoms with Crippen molar-refractivity contribution >= 4 is 27.6 Å². The lowest BCUT2D eigenvalue weighted by molar-refractivity contribution is -0.134. The molecule has 4 heterocycles. The van der Waals surface area contributed by atoms with Gasteiger partial charge < -0.3 is 9.64 Å². The Bertz CT molecular complexity index is 972. The van der Waals surface area contributed by atoms with Crippen molar-refractivity contribution < 1.29 is 9.53 Å². The van der Waals surface area contributed by atoms with Crippen molar-refractivity contribution in [3.63, 3.8) is 0 Å². The molecule has 150 valence electrons. The van der Waals surface area contributed by atoms with Crippen LogP contribution in [0.15, 0.2) is 42.6 Å². The van der Waals surface area contributed by atoms with Gasteiger partial charge in [-0.25, -0.2) is 4.98 Å². The number of likely N-dealkylation sites (tertiary alicyclic amines) is 1. The fourth-order valence-electron chi connectivity index (χ4n) is 4.59. The molecule has 2 fully saturated rings. The Kier molecular flexibility index (Phi) is 4.93. The fourth-order valence-corrected chi connectivity index (χ4v) is 5.39. The Morgan fingerprint density at radius 1 is 1.17 bits per heavy atom. The number of amides is 1. The molecule has 5 rings (SSSR count). The van der Waals surface area contributed by atoms with Crippen LogP contribution < -0.4 is 4.74 Å². The average Bonchev–Trinajstić information content (AvgIpc) is 3.25. The first-order valence-electron chi connectivity index (χ1n) is 10.2. The number of carbonyl (C=O) groups excluding carboxylic acids is 1. The van der Waals surface area contributed by atoms with Crippen LogP contribution in [0.25, 0.3) is 10.3 Å². The van der Waals surface area contributed by atoms with Crippen molar-refractivity contribution in [1.82, 2.24) is 19.8 Å². The summed E-state index contributed by atoms with van der Waals surface area (Å²) in [5.74, 6) is 1.03. The van der Waals surface area contributed by atoms with Gasteiger partial charge in [-0.15, -0.1) is 0 Å². The first-order chi connectivity index (χ1) is 14.2. The van der Waals surface area contributed by atoms with Gasteiger partial charge in [-0.05, 0) is 49.1 Å². The molecule has 0 saturated carbocycles. The lowest BCUT2D eigenvalue weighted by Crippen LogP contribution is -2.55. The van der Waals surface area contributed by atoms with E-state index in [2.05, 4.69) is 31.9 Å². The summed E-state index contributed by atoms with van der Waals surface area (Å²) in [6.07, 6.45) is 5.04. The number of ether oxygens (including phenoxy) is 1. The van der Waals surface area contributed by atoms with Gasteiger partial charge in [0.05, 0.1) is 4.70 Å². The number of pyridine rings is 1. The topological polar surface area (TPSA) is 58.6 Å². The standard InChI is InChI=1S/C22H24N4O2S/c1-15(27)26-17-6-7-18(26)14-25(13-17)12-10-16-4-8-19(9-5-16)28-22-24-21-20(29-22)3-2-11-23-21/h2-5,8-9,11,17-18H,6-7,10,12-14H2,1H3/t17-,18+. The van der Waals surface area contributed by atoms with Crippen LogP contribution >= 0.6 is 11.3 Å². The molecule has 2 bridgehead atoms. The number of hydrogen-bond donors (Lipinski definition) is 0. The molecule has 1 aromatic carbocycles. The molecular formula is C22H24N4O2S. The van der Waals surface area contributed by atoms with Crippen LogP contribution in [0.4, 0.5) is 0 Å². The first-order valence-corrected chi connectivity index (χ1v) is 11.0. The van der Waals surface area contributed by atoms with Crippen LogP contribution in [-0.4, -0.2) is 57.4 Å². The smallest absolute Gasteiger partial charge is 0.281 e. The number of thiazole rings is 1. The summed E-state index contributed by atoms with van der Waals surface area (Å²) in [4.78, 5) is 25.1. The molecule has 29 heavy (non-hydrogen) atoms. The Labute approximate surface area is 174 Å². The number of benzene rings is 1. The van der Waals surface area contributed by atoms with Gasteiger partial charge in [0, 0.05) is 44.8 Å². The van der Waals surface area contributed by atoms with Crippen LogP contribution in [0.1, 0.15) is 25.3 Å². The van der Waals surface area contributed by atoms with Crippen molar-refractivity contribution in [2.75, 3.05) is 19.6 Å². The third kappa shape index (κ3) is 3.84. The monoisotopic (exact) mass is 408 g/mol. The first kappa shape index (κ1) is 18.5. The molecule has 0 spiro atoms. The second-order valence-electron chi connectivity index (χ2n) is 7.87. The third-order valence-electron chi connectivity index (χ3n) is 5.91. The molecule has 0 N–H and O–H groups in total. The quantitative estimate of drug-likeness (QED) is 0.644. The summed E-state index contributed by atoms with van der Waals surface area (Å²) in [6, 6.07) is 13.0. The average molecular weight is 409 g/mol. The van der Waals surface area contributed by atoms with E-state index >= 15 is 0 Å². The van der Waals surface area contributed by atoms with E-state index < -0.39 is 0 Å². The SMILES string of the molecule is CC(=O)N1[C@@H]2CC[C@H]1CN(CCc1ccc(Oc3nc4ncccc4s3)cc1)C2. The summed E-state index contributed by atoms with van der Waals surface area (Å²) in [5, 5.41) is 0.616. The van der Waals surface area contributed by atoms with E-state index in [4.69, 9.17) is 4.74 Å². The van der Waals surface area contributed by atoms with Gasteiger partial charge in [0.25, 0.3) is 5.19 Å². The predicted molar refractivity (Wildman–Crippen MR) is 113 cm³/mol. The minimum absolute atomic E-state index is 0.233. The minimum atomic E-state index is 0.233. The zero-order chi connectivity index (χ0) is 19.8. The second-order valence-corrected chi connectivity index (χ2v) is 8.86. The maximum atomic E-state index is 11.8. The molecule has 2 saturated heterocycles. The predicted octanol–water partition coefficient (Wildman–Crippen LogP) is 3.72. The highest BCUT2D eigenvalue weighted by Crippen LogP contribution is 2.31. The summed E-state index contributed by atoms with van der Waals surface area (Å²) >= 11 is 1.50. The highest BCUT2D eigenvalue weighted by atomic mass is 32.1. The molecule has 2 aliphatic heterocycles. The Balaban J connectivity index is 1.17. The number of fused-ring (bicyclic) bond motifs is 3. The highest BCUT2D eigenvalue weighted by molar-refractivity contribution is 7.20. The van der Waals surface area contributed by atoms with Crippen molar-refractivity contribution in [1.29, 1.82) is 0 Å². The van der Waals surface area contributed by atoms with Crippen LogP contribution in [0.3, 0.4) is 0 Å². The Morgan fingerprint density at radius 3 is 2.62 bits per heavy atom. The largest absolute Gasteiger partial charge is 0.431 e. The summed E-state index contributed by atoms with van der Waals surface area (Å²) < 4.78 is 6.93. The minimum Gasteiger partial charge on any atom is -0.431 e. The lowest BCUT2D eigenvalue weighted by Gasteiger charge is -2.40. The molecular weight excluding hydrogens is 384 g/mol. The molecule has 0 radical (unpaired) electrons. The molecule has 3 aromatic rings. The zero-order valence-electron chi connectivity index (χ0n) is 16.5. The number of nitrogens with zero attached hydrogens (tertiary/aromatic N) is 4. The van der Waals surface area contributed by atoms with E-state index in [0.717, 1.165) is 55.0 Å². The zero-order valence-corrected chi connectivity index (χ0v) is 17.3. The normalized spacial score (nSPS) is 21.6. The number of aromatic nitrogens is 2. The van der Waals surface area contributed by atoms with E-state index in [9.17, 15) is 4.79 Å². The van der Waals surface area contributed by atoms with E-state index in [1.165, 1.54) is 16.9 Å². The molecule has 2 aliphatic rings. The van der Waals surface area contributed by atoms with Crippen molar-refractivity contribution in [3.05, 3.63) is 48.2 Å². The number of hydrogen-bond acceptors (Lipinski definition) is 6. The van der Waals surface area contributed by atoms with E-state index in [0.29, 0.717) is 17.3 Å². The molecule has 1 amide bonds. The molecule has 0 unspecified atom stereocenters. The number of carbonyl (C=O) groups is 1. The Hall–Kier alpha value is -2.51. The van der Waals surface area contributed by atoms with Crippen LogP contribution in [0.5, 0.6) is 10.9 Å². The van der Waals surface area contributed by atoms with Crippen LogP contribution in [0, 0.1) is 0 Å². The van der Waals surface area contributed by atoms with Gasteiger partial charge in [0.15, 0.2) is 5.65 Å².